The molecule has 3 rings (SSSR count). The Morgan fingerprint density at radius 3 is 2.78 bits per heavy atom. The maximum atomic E-state index is 13.7. The van der Waals surface area contributed by atoms with Gasteiger partial charge < -0.3 is 5.11 Å². The predicted molar refractivity (Wildman–Crippen MR) is 64.0 cm³/mol. The Bertz CT molecular complexity index is 661. The molecular formula is C13H8F2O2S. The monoisotopic (exact) mass is 266 g/mol. The van der Waals surface area contributed by atoms with E-state index < -0.39 is 17.6 Å². The van der Waals surface area contributed by atoms with Gasteiger partial charge in [-0.15, -0.1) is 11.3 Å². The van der Waals surface area contributed by atoms with E-state index in [-0.39, 0.29) is 4.88 Å². The van der Waals surface area contributed by atoms with Gasteiger partial charge in [-0.05, 0) is 41.7 Å². The Balaban J connectivity index is 2.23. The van der Waals surface area contributed by atoms with Crippen LogP contribution in [-0.2, 0) is 12.8 Å². The van der Waals surface area contributed by atoms with E-state index in [0.29, 0.717) is 24.0 Å². The average Bonchev–Trinajstić information content (AvgIpc) is 2.77. The Morgan fingerprint density at radius 1 is 1.28 bits per heavy atom. The van der Waals surface area contributed by atoms with E-state index in [9.17, 15) is 13.6 Å². The van der Waals surface area contributed by atoms with Crippen molar-refractivity contribution in [1.29, 1.82) is 0 Å². The zero-order valence-corrected chi connectivity index (χ0v) is 9.98. The minimum atomic E-state index is -0.987. The van der Waals surface area contributed by atoms with E-state index in [2.05, 4.69) is 0 Å². The number of aryl methyl sites for hydroxylation is 1. The molecule has 18 heavy (non-hydrogen) atoms. The summed E-state index contributed by atoms with van der Waals surface area (Å²) in [7, 11) is 0. The van der Waals surface area contributed by atoms with Crippen LogP contribution in [0.3, 0.4) is 0 Å². The zero-order chi connectivity index (χ0) is 12.9. The van der Waals surface area contributed by atoms with Crippen molar-refractivity contribution in [2.75, 3.05) is 0 Å². The summed E-state index contributed by atoms with van der Waals surface area (Å²) >= 11 is 1.11. The zero-order valence-electron chi connectivity index (χ0n) is 9.17. The minimum absolute atomic E-state index is 0.234. The second-order valence-corrected chi connectivity index (χ2v) is 5.21. The molecule has 1 aromatic heterocycles. The van der Waals surface area contributed by atoms with Crippen LogP contribution in [-0.4, -0.2) is 11.1 Å². The van der Waals surface area contributed by atoms with Crippen LogP contribution < -0.4 is 0 Å². The summed E-state index contributed by atoms with van der Waals surface area (Å²) in [6.45, 7) is 0. The van der Waals surface area contributed by atoms with Gasteiger partial charge in [0, 0.05) is 4.88 Å². The van der Waals surface area contributed by atoms with Crippen molar-refractivity contribution in [3.63, 3.8) is 0 Å². The number of carboxylic acid groups (broad SMARTS) is 1. The van der Waals surface area contributed by atoms with Crippen molar-refractivity contribution in [1.82, 2.24) is 0 Å². The molecule has 0 aliphatic heterocycles. The van der Waals surface area contributed by atoms with Crippen LogP contribution in [0.5, 0.6) is 0 Å². The third kappa shape index (κ3) is 1.54. The summed E-state index contributed by atoms with van der Waals surface area (Å²) in [4.78, 5) is 11.9. The van der Waals surface area contributed by atoms with Gasteiger partial charge in [0.25, 0.3) is 0 Å². The maximum absolute atomic E-state index is 13.7. The summed E-state index contributed by atoms with van der Waals surface area (Å²) in [5, 5.41) is 8.96. The van der Waals surface area contributed by atoms with Gasteiger partial charge in [-0.2, -0.15) is 0 Å². The first-order chi connectivity index (χ1) is 8.58. The lowest BCUT2D eigenvalue weighted by Crippen LogP contribution is -2.05. The normalized spacial score (nSPS) is 13.0. The molecule has 2 nitrogen and oxygen atoms in total. The highest BCUT2D eigenvalue weighted by Crippen LogP contribution is 2.40. The fourth-order valence-electron chi connectivity index (χ4n) is 2.26. The van der Waals surface area contributed by atoms with Gasteiger partial charge in [0.05, 0.1) is 0 Å². The highest BCUT2D eigenvalue weighted by Gasteiger charge is 2.24. The first-order valence-corrected chi connectivity index (χ1v) is 6.23. The van der Waals surface area contributed by atoms with Gasteiger partial charge in [0.2, 0.25) is 0 Å². The van der Waals surface area contributed by atoms with Crippen molar-refractivity contribution >= 4 is 17.3 Å². The van der Waals surface area contributed by atoms with E-state index in [4.69, 9.17) is 5.11 Å². The first-order valence-electron chi connectivity index (χ1n) is 5.41. The summed E-state index contributed by atoms with van der Waals surface area (Å²) in [5.74, 6) is -2.66. The number of halogens is 2. The van der Waals surface area contributed by atoms with Crippen molar-refractivity contribution in [3.05, 3.63) is 45.8 Å². The molecule has 0 amide bonds. The van der Waals surface area contributed by atoms with Crippen LogP contribution in [0.2, 0.25) is 0 Å². The topological polar surface area (TPSA) is 37.3 Å². The largest absolute Gasteiger partial charge is 0.477 e. The van der Waals surface area contributed by atoms with Crippen molar-refractivity contribution in [2.45, 2.75) is 12.8 Å². The Hall–Kier alpha value is -1.75. The molecule has 1 aromatic carbocycles. The molecule has 0 spiro atoms. The second kappa shape index (κ2) is 3.88. The molecule has 1 N–H and O–H groups in total. The molecule has 2 aromatic rings. The lowest BCUT2D eigenvalue weighted by molar-refractivity contribution is 0.0702. The summed E-state index contributed by atoms with van der Waals surface area (Å²) in [6.07, 6.45) is 0.953. The van der Waals surface area contributed by atoms with Crippen molar-refractivity contribution in [2.24, 2.45) is 0 Å². The smallest absolute Gasteiger partial charge is 0.345 e. The van der Waals surface area contributed by atoms with E-state index in [1.807, 2.05) is 0 Å². The SMILES string of the molecule is O=C(O)c1cc2c(s1)-c1ccc(F)c(F)c1CC2. The molecule has 1 aliphatic carbocycles. The quantitative estimate of drug-likeness (QED) is 0.857. The minimum Gasteiger partial charge on any atom is -0.477 e. The number of fused-ring (bicyclic) bond motifs is 3. The lowest BCUT2D eigenvalue weighted by Gasteiger charge is -2.16. The van der Waals surface area contributed by atoms with Gasteiger partial charge in [0.1, 0.15) is 4.88 Å². The lowest BCUT2D eigenvalue weighted by atomic mass is 9.91. The maximum Gasteiger partial charge on any atom is 0.345 e. The predicted octanol–water partition coefficient (Wildman–Crippen LogP) is 3.49. The molecule has 1 aliphatic rings. The van der Waals surface area contributed by atoms with Gasteiger partial charge in [0.15, 0.2) is 11.6 Å². The summed E-state index contributed by atoms with van der Waals surface area (Å²) in [6, 6.07) is 4.23. The standard InChI is InChI=1S/C13H8F2O2S/c14-9-4-3-8-7(11(9)15)2-1-6-5-10(13(16)17)18-12(6)8/h3-5H,1-2H2,(H,16,17). The number of hydrogen-bond acceptors (Lipinski definition) is 2. The molecule has 0 radical (unpaired) electrons. The van der Waals surface area contributed by atoms with Gasteiger partial charge in [-0.3, -0.25) is 0 Å². The van der Waals surface area contributed by atoms with Crippen LogP contribution in [0.4, 0.5) is 8.78 Å². The van der Waals surface area contributed by atoms with E-state index >= 15 is 0 Å². The molecule has 1 heterocycles. The molecule has 0 unspecified atom stereocenters. The molecule has 0 fully saturated rings. The molecule has 5 heteroatoms. The Labute approximate surface area is 106 Å². The molecule has 0 saturated heterocycles. The molecule has 92 valence electrons. The van der Waals surface area contributed by atoms with Crippen LogP contribution in [0.1, 0.15) is 20.8 Å². The fourth-order valence-corrected chi connectivity index (χ4v) is 3.36. The van der Waals surface area contributed by atoms with Crippen LogP contribution in [0, 0.1) is 11.6 Å². The van der Waals surface area contributed by atoms with Crippen molar-refractivity contribution < 1.29 is 18.7 Å². The highest BCUT2D eigenvalue weighted by molar-refractivity contribution is 7.17. The number of benzene rings is 1. The summed E-state index contributed by atoms with van der Waals surface area (Å²) < 4.78 is 26.8. The number of rotatable bonds is 1. The molecule has 0 atom stereocenters. The van der Waals surface area contributed by atoms with Gasteiger partial charge in [-0.25, -0.2) is 13.6 Å². The van der Waals surface area contributed by atoms with Gasteiger partial charge in [-0.1, -0.05) is 6.07 Å². The number of thiophene rings is 1. The second-order valence-electron chi connectivity index (χ2n) is 4.16. The molecular weight excluding hydrogens is 258 g/mol. The molecule has 0 bridgehead atoms. The van der Waals surface area contributed by atoms with Gasteiger partial charge >= 0.3 is 5.97 Å². The highest BCUT2D eigenvalue weighted by atomic mass is 32.1. The summed E-state index contributed by atoms with van der Waals surface area (Å²) in [5.41, 5.74) is 1.87. The fraction of sp³-hybridized carbons (Fsp3) is 0.154. The molecule has 0 saturated carbocycles. The third-order valence-electron chi connectivity index (χ3n) is 3.10. The van der Waals surface area contributed by atoms with E-state index in [0.717, 1.165) is 27.8 Å². The first kappa shape index (κ1) is 11.3. The number of carboxylic acids is 1. The van der Waals surface area contributed by atoms with Crippen LogP contribution >= 0.6 is 11.3 Å². The van der Waals surface area contributed by atoms with Crippen molar-refractivity contribution in [3.8, 4) is 10.4 Å². The number of aromatic carboxylic acids is 1. The van der Waals surface area contributed by atoms with E-state index in [1.165, 1.54) is 6.07 Å². The number of carbonyl (C=O) groups is 1. The number of hydrogen-bond donors (Lipinski definition) is 1. The van der Waals surface area contributed by atoms with E-state index in [1.54, 1.807) is 6.07 Å². The Kier molecular flexibility index (Phi) is 2.45. The van der Waals surface area contributed by atoms with Crippen LogP contribution in [0.15, 0.2) is 18.2 Å². The van der Waals surface area contributed by atoms with Crippen LogP contribution in [0.25, 0.3) is 10.4 Å². The third-order valence-corrected chi connectivity index (χ3v) is 4.30. The Morgan fingerprint density at radius 2 is 2.06 bits per heavy atom. The average molecular weight is 266 g/mol.